The topological polar surface area (TPSA) is 42.7 Å². The number of aromatic nitrogens is 3. The van der Waals surface area contributed by atoms with Gasteiger partial charge in [-0.3, -0.25) is 4.68 Å². The van der Waals surface area contributed by atoms with Gasteiger partial charge in [0.15, 0.2) is 0 Å². The standard InChI is InChI=1S/C12H22N4/c1-3-16-12(14-9-15-16)8-10-5-4-6-11(7-10)13-2/h9-11,13H,3-8H2,1-2H3. The Morgan fingerprint density at radius 3 is 3.12 bits per heavy atom. The van der Waals surface area contributed by atoms with Crippen LogP contribution in [-0.2, 0) is 13.0 Å². The summed E-state index contributed by atoms with van der Waals surface area (Å²) >= 11 is 0. The second-order valence-corrected chi connectivity index (χ2v) is 4.71. The molecule has 0 spiro atoms. The molecule has 1 aliphatic rings. The first kappa shape index (κ1) is 11.6. The lowest BCUT2D eigenvalue weighted by Gasteiger charge is -2.28. The van der Waals surface area contributed by atoms with Crippen molar-refractivity contribution in [2.75, 3.05) is 7.05 Å². The van der Waals surface area contributed by atoms with Crippen molar-refractivity contribution in [3.63, 3.8) is 0 Å². The lowest BCUT2D eigenvalue weighted by Crippen LogP contribution is -2.32. The van der Waals surface area contributed by atoms with Gasteiger partial charge in [0, 0.05) is 19.0 Å². The van der Waals surface area contributed by atoms with E-state index in [1.807, 2.05) is 4.68 Å². The molecule has 0 saturated heterocycles. The first-order valence-corrected chi connectivity index (χ1v) is 6.37. The lowest BCUT2D eigenvalue weighted by atomic mass is 9.83. The van der Waals surface area contributed by atoms with Gasteiger partial charge in [-0.15, -0.1) is 0 Å². The summed E-state index contributed by atoms with van der Waals surface area (Å²) in [5.74, 6) is 1.94. The molecule has 0 aliphatic heterocycles. The third-order valence-corrected chi connectivity index (χ3v) is 3.66. The van der Waals surface area contributed by atoms with E-state index in [1.165, 1.54) is 25.7 Å². The summed E-state index contributed by atoms with van der Waals surface area (Å²) in [6.07, 6.45) is 8.06. The number of rotatable bonds is 4. The van der Waals surface area contributed by atoms with E-state index in [1.54, 1.807) is 6.33 Å². The van der Waals surface area contributed by atoms with Crippen LogP contribution in [0.2, 0.25) is 0 Å². The number of nitrogens with one attached hydrogen (secondary N) is 1. The number of nitrogens with zero attached hydrogens (tertiary/aromatic N) is 3. The molecule has 2 atom stereocenters. The van der Waals surface area contributed by atoms with Gasteiger partial charge in [0.2, 0.25) is 0 Å². The molecule has 0 aromatic carbocycles. The first-order valence-electron chi connectivity index (χ1n) is 6.37. The van der Waals surface area contributed by atoms with Crippen LogP contribution in [0.3, 0.4) is 0 Å². The zero-order valence-corrected chi connectivity index (χ0v) is 10.3. The molecule has 1 aromatic heterocycles. The molecule has 0 amide bonds. The van der Waals surface area contributed by atoms with Crippen LogP contribution in [0.5, 0.6) is 0 Å². The van der Waals surface area contributed by atoms with Crippen molar-refractivity contribution in [1.82, 2.24) is 20.1 Å². The Morgan fingerprint density at radius 2 is 2.38 bits per heavy atom. The van der Waals surface area contributed by atoms with E-state index < -0.39 is 0 Å². The quantitative estimate of drug-likeness (QED) is 0.842. The van der Waals surface area contributed by atoms with Gasteiger partial charge in [-0.1, -0.05) is 6.42 Å². The lowest BCUT2D eigenvalue weighted by molar-refractivity contribution is 0.288. The van der Waals surface area contributed by atoms with Crippen molar-refractivity contribution in [2.24, 2.45) is 5.92 Å². The van der Waals surface area contributed by atoms with Crippen molar-refractivity contribution in [2.45, 2.75) is 51.6 Å². The zero-order chi connectivity index (χ0) is 11.4. The molecular weight excluding hydrogens is 200 g/mol. The average Bonchev–Trinajstić information content (AvgIpc) is 2.76. The molecule has 1 N–H and O–H groups in total. The largest absolute Gasteiger partial charge is 0.317 e. The molecule has 1 aromatic rings. The Hall–Kier alpha value is -0.900. The minimum Gasteiger partial charge on any atom is -0.317 e. The summed E-state index contributed by atoms with van der Waals surface area (Å²) < 4.78 is 2.02. The van der Waals surface area contributed by atoms with Gasteiger partial charge in [0.05, 0.1) is 0 Å². The van der Waals surface area contributed by atoms with E-state index in [0.717, 1.165) is 24.7 Å². The number of hydrogen-bond acceptors (Lipinski definition) is 3. The molecular formula is C12H22N4. The highest BCUT2D eigenvalue weighted by atomic mass is 15.3. The van der Waals surface area contributed by atoms with Crippen LogP contribution in [0.4, 0.5) is 0 Å². The van der Waals surface area contributed by atoms with Crippen LogP contribution in [-0.4, -0.2) is 27.9 Å². The number of hydrogen-bond donors (Lipinski definition) is 1. The predicted octanol–water partition coefficient (Wildman–Crippen LogP) is 1.62. The summed E-state index contributed by atoms with van der Waals surface area (Å²) in [6.45, 7) is 3.05. The minimum atomic E-state index is 0.705. The average molecular weight is 222 g/mol. The second-order valence-electron chi connectivity index (χ2n) is 4.71. The second kappa shape index (κ2) is 5.43. The Bertz CT molecular complexity index is 321. The van der Waals surface area contributed by atoms with Crippen molar-refractivity contribution in [1.29, 1.82) is 0 Å². The molecule has 16 heavy (non-hydrogen) atoms. The Morgan fingerprint density at radius 1 is 1.50 bits per heavy atom. The third-order valence-electron chi connectivity index (χ3n) is 3.66. The van der Waals surface area contributed by atoms with Gasteiger partial charge in [-0.2, -0.15) is 5.10 Å². The molecule has 1 aliphatic carbocycles. The van der Waals surface area contributed by atoms with Gasteiger partial charge in [-0.05, 0) is 39.2 Å². The van der Waals surface area contributed by atoms with Crippen LogP contribution in [0, 0.1) is 5.92 Å². The van der Waals surface area contributed by atoms with E-state index in [9.17, 15) is 0 Å². The van der Waals surface area contributed by atoms with E-state index in [0.29, 0.717) is 6.04 Å². The van der Waals surface area contributed by atoms with E-state index in [2.05, 4.69) is 29.4 Å². The maximum absolute atomic E-state index is 4.36. The van der Waals surface area contributed by atoms with Crippen LogP contribution >= 0.6 is 0 Å². The predicted molar refractivity (Wildman–Crippen MR) is 64.2 cm³/mol. The van der Waals surface area contributed by atoms with Crippen molar-refractivity contribution < 1.29 is 0 Å². The maximum atomic E-state index is 4.36. The summed E-state index contributed by atoms with van der Waals surface area (Å²) in [6, 6.07) is 0.705. The highest BCUT2D eigenvalue weighted by Gasteiger charge is 2.22. The van der Waals surface area contributed by atoms with Gasteiger partial charge in [0.1, 0.15) is 12.2 Å². The van der Waals surface area contributed by atoms with Crippen LogP contribution in [0.1, 0.15) is 38.4 Å². The van der Waals surface area contributed by atoms with Gasteiger partial charge in [-0.25, -0.2) is 4.98 Å². The molecule has 4 heteroatoms. The van der Waals surface area contributed by atoms with Gasteiger partial charge < -0.3 is 5.32 Å². The third kappa shape index (κ3) is 2.61. The maximum Gasteiger partial charge on any atom is 0.138 e. The Kier molecular flexibility index (Phi) is 3.93. The van der Waals surface area contributed by atoms with E-state index in [-0.39, 0.29) is 0 Å². The molecule has 1 fully saturated rings. The van der Waals surface area contributed by atoms with E-state index >= 15 is 0 Å². The molecule has 1 heterocycles. The SMILES string of the molecule is CCn1ncnc1CC1CCCC(NC)C1. The molecule has 0 bridgehead atoms. The summed E-state index contributed by atoms with van der Waals surface area (Å²) in [5.41, 5.74) is 0. The fraction of sp³-hybridized carbons (Fsp3) is 0.833. The summed E-state index contributed by atoms with van der Waals surface area (Å²) in [4.78, 5) is 4.36. The smallest absolute Gasteiger partial charge is 0.138 e. The molecule has 0 radical (unpaired) electrons. The fourth-order valence-electron chi connectivity index (χ4n) is 2.71. The van der Waals surface area contributed by atoms with Crippen molar-refractivity contribution in [3.8, 4) is 0 Å². The zero-order valence-electron chi connectivity index (χ0n) is 10.3. The Balaban J connectivity index is 1.93. The van der Waals surface area contributed by atoms with Crippen LogP contribution in [0.25, 0.3) is 0 Å². The molecule has 2 unspecified atom stereocenters. The van der Waals surface area contributed by atoms with Gasteiger partial charge >= 0.3 is 0 Å². The van der Waals surface area contributed by atoms with Crippen LogP contribution < -0.4 is 5.32 Å². The number of aryl methyl sites for hydroxylation is 1. The fourth-order valence-corrected chi connectivity index (χ4v) is 2.71. The van der Waals surface area contributed by atoms with E-state index in [4.69, 9.17) is 0 Å². The highest BCUT2D eigenvalue weighted by molar-refractivity contribution is 4.90. The summed E-state index contributed by atoms with van der Waals surface area (Å²) in [5, 5.41) is 7.63. The first-order chi connectivity index (χ1) is 7.83. The summed E-state index contributed by atoms with van der Waals surface area (Å²) in [7, 11) is 2.07. The molecule has 90 valence electrons. The highest BCUT2D eigenvalue weighted by Crippen LogP contribution is 2.26. The Labute approximate surface area is 97.5 Å². The monoisotopic (exact) mass is 222 g/mol. The normalized spacial score (nSPS) is 25.9. The van der Waals surface area contributed by atoms with Gasteiger partial charge in [0.25, 0.3) is 0 Å². The van der Waals surface area contributed by atoms with Crippen molar-refractivity contribution in [3.05, 3.63) is 12.2 Å². The molecule has 1 saturated carbocycles. The van der Waals surface area contributed by atoms with Crippen LogP contribution in [0.15, 0.2) is 6.33 Å². The molecule has 2 rings (SSSR count). The minimum absolute atomic E-state index is 0.705. The van der Waals surface area contributed by atoms with Crippen molar-refractivity contribution >= 4 is 0 Å². The molecule has 4 nitrogen and oxygen atoms in total.